The van der Waals surface area contributed by atoms with Crippen LogP contribution in [0.15, 0.2) is 47.2 Å². The van der Waals surface area contributed by atoms with Gasteiger partial charge < -0.3 is 10.6 Å². The summed E-state index contributed by atoms with van der Waals surface area (Å²) in [7, 11) is 0. The second kappa shape index (κ2) is 8.83. The normalized spacial score (nSPS) is 10.7. The zero-order valence-electron chi connectivity index (χ0n) is 15.6. The van der Waals surface area contributed by atoms with Crippen molar-refractivity contribution in [1.29, 1.82) is 0 Å². The molecule has 0 fully saturated rings. The summed E-state index contributed by atoms with van der Waals surface area (Å²) in [6.45, 7) is 4.91. The van der Waals surface area contributed by atoms with Crippen LogP contribution < -0.4 is 10.6 Å². The van der Waals surface area contributed by atoms with E-state index in [1.54, 1.807) is 45.9 Å². The van der Waals surface area contributed by atoms with Gasteiger partial charge in [-0.2, -0.15) is 10.2 Å². The molecule has 0 bridgehead atoms. The minimum absolute atomic E-state index is 0.128. The SMILES string of the molecule is CCn1nccc1C(=O)Nc1cccc(NC(=O)CCn2cc(Br)c(C)n2)c1. The van der Waals surface area contributed by atoms with Crippen LogP contribution in [-0.4, -0.2) is 31.4 Å². The molecule has 3 rings (SSSR count). The van der Waals surface area contributed by atoms with Gasteiger partial charge in [-0.15, -0.1) is 0 Å². The van der Waals surface area contributed by atoms with Crippen molar-refractivity contribution in [2.75, 3.05) is 10.6 Å². The Morgan fingerprint density at radius 1 is 1.18 bits per heavy atom. The Labute approximate surface area is 171 Å². The number of hydrogen-bond donors (Lipinski definition) is 2. The Hall–Kier alpha value is -2.94. The fourth-order valence-corrected chi connectivity index (χ4v) is 3.01. The van der Waals surface area contributed by atoms with Gasteiger partial charge in [-0.25, -0.2) is 0 Å². The number of anilines is 2. The molecule has 2 aromatic heterocycles. The van der Waals surface area contributed by atoms with Crippen molar-refractivity contribution < 1.29 is 9.59 Å². The first-order chi connectivity index (χ1) is 13.5. The highest BCUT2D eigenvalue weighted by molar-refractivity contribution is 9.10. The van der Waals surface area contributed by atoms with E-state index in [1.165, 1.54) is 0 Å². The van der Waals surface area contributed by atoms with Gasteiger partial charge in [0.25, 0.3) is 5.91 Å². The summed E-state index contributed by atoms with van der Waals surface area (Å²) in [5.74, 6) is -0.376. The van der Waals surface area contributed by atoms with Crippen LogP contribution >= 0.6 is 15.9 Å². The first kappa shape index (κ1) is 19.8. The van der Waals surface area contributed by atoms with E-state index in [9.17, 15) is 9.59 Å². The number of amides is 2. The molecule has 0 saturated carbocycles. The Morgan fingerprint density at radius 3 is 2.61 bits per heavy atom. The molecule has 9 heteroatoms. The number of aryl methyl sites for hydroxylation is 3. The quantitative estimate of drug-likeness (QED) is 0.583. The number of hydrogen-bond acceptors (Lipinski definition) is 4. The number of rotatable bonds is 7. The van der Waals surface area contributed by atoms with E-state index >= 15 is 0 Å². The van der Waals surface area contributed by atoms with E-state index in [1.807, 2.05) is 20.0 Å². The maximum absolute atomic E-state index is 12.4. The number of carbonyl (C=O) groups is 2. The largest absolute Gasteiger partial charge is 0.326 e. The molecule has 0 unspecified atom stereocenters. The Morgan fingerprint density at radius 2 is 1.93 bits per heavy atom. The molecular formula is C19H21BrN6O2. The van der Waals surface area contributed by atoms with Crippen LogP contribution in [-0.2, 0) is 17.9 Å². The molecule has 0 aliphatic rings. The maximum Gasteiger partial charge on any atom is 0.273 e. The zero-order chi connectivity index (χ0) is 20.1. The first-order valence-electron chi connectivity index (χ1n) is 8.89. The van der Waals surface area contributed by atoms with Crippen LogP contribution in [0, 0.1) is 6.92 Å². The lowest BCUT2D eigenvalue weighted by Gasteiger charge is -2.10. The van der Waals surface area contributed by atoms with Crippen LogP contribution in [0.2, 0.25) is 0 Å². The van der Waals surface area contributed by atoms with Crippen molar-refractivity contribution in [2.45, 2.75) is 33.4 Å². The number of nitrogens with zero attached hydrogens (tertiary/aromatic N) is 4. The fourth-order valence-electron chi connectivity index (χ4n) is 2.70. The van der Waals surface area contributed by atoms with Gasteiger partial charge in [0.05, 0.1) is 10.2 Å². The van der Waals surface area contributed by atoms with Crippen LogP contribution in [0.1, 0.15) is 29.5 Å². The highest BCUT2D eigenvalue weighted by Gasteiger charge is 2.12. The summed E-state index contributed by atoms with van der Waals surface area (Å²) in [5.41, 5.74) is 2.58. The average molecular weight is 445 g/mol. The van der Waals surface area contributed by atoms with E-state index < -0.39 is 0 Å². The predicted molar refractivity (Wildman–Crippen MR) is 110 cm³/mol. The molecule has 0 saturated heterocycles. The van der Waals surface area contributed by atoms with E-state index in [0.717, 1.165) is 10.2 Å². The summed E-state index contributed by atoms with van der Waals surface area (Å²) in [4.78, 5) is 24.6. The molecule has 0 spiro atoms. The van der Waals surface area contributed by atoms with Crippen molar-refractivity contribution in [3.8, 4) is 0 Å². The molecular weight excluding hydrogens is 424 g/mol. The molecule has 28 heavy (non-hydrogen) atoms. The third-order valence-corrected chi connectivity index (χ3v) is 4.89. The Balaban J connectivity index is 1.58. The second-order valence-electron chi connectivity index (χ2n) is 6.19. The monoisotopic (exact) mass is 444 g/mol. The summed E-state index contributed by atoms with van der Waals surface area (Å²) in [6, 6.07) is 8.70. The van der Waals surface area contributed by atoms with Gasteiger partial charge in [0, 0.05) is 43.3 Å². The zero-order valence-corrected chi connectivity index (χ0v) is 17.2. The molecule has 0 radical (unpaired) electrons. The van der Waals surface area contributed by atoms with Crippen LogP contribution in [0.5, 0.6) is 0 Å². The standard InChI is InChI=1S/C19H21BrN6O2/c1-3-26-17(7-9-21-26)19(28)23-15-6-4-5-14(11-15)22-18(27)8-10-25-12-16(20)13(2)24-25/h4-7,9,11-12H,3,8,10H2,1-2H3,(H,22,27)(H,23,28). The average Bonchev–Trinajstić information content (AvgIpc) is 3.27. The van der Waals surface area contributed by atoms with Crippen molar-refractivity contribution in [1.82, 2.24) is 19.6 Å². The van der Waals surface area contributed by atoms with Crippen molar-refractivity contribution >= 4 is 39.1 Å². The molecule has 2 amide bonds. The van der Waals surface area contributed by atoms with Gasteiger partial charge in [0.2, 0.25) is 5.91 Å². The van der Waals surface area contributed by atoms with Gasteiger partial charge >= 0.3 is 0 Å². The van der Waals surface area contributed by atoms with Gasteiger partial charge in [0.15, 0.2) is 0 Å². The Bertz CT molecular complexity index is 974. The lowest BCUT2D eigenvalue weighted by molar-refractivity contribution is -0.116. The van der Waals surface area contributed by atoms with Gasteiger partial charge in [0.1, 0.15) is 5.69 Å². The van der Waals surface area contributed by atoms with Crippen molar-refractivity contribution in [2.24, 2.45) is 0 Å². The van der Waals surface area contributed by atoms with E-state index in [2.05, 4.69) is 36.8 Å². The van der Waals surface area contributed by atoms with E-state index in [0.29, 0.717) is 36.6 Å². The number of halogens is 1. The highest BCUT2D eigenvalue weighted by Crippen LogP contribution is 2.17. The summed E-state index contributed by atoms with van der Waals surface area (Å²) >= 11 is 3.40. The third-order valence-electron chi connectivity index (χ3n) is 4.11. The van der Waals surface area contributed by atoms with Crippen molar-refractivity contribution in [3.05, 3.63) is 58.6 Å². The van der Waals surface area contributed by atoms with E-state index in [-0.39, 0.29) is 11.8 Å². The first-order valence-corrected chi connectivity index (χ1v) is 9.68. The number of aromatic nitrogens is 4. The number of nitrogens with one attached hydrogen (secondary N) is 2. The summed E-state index contributed by atoms with van der Waals surface area (Å²) in [5, 5.41) is 14.1. The molecule has 2 N–H and O–H groups in total. The van der Waals surface area contributed by atoms with Gasteiger partial charge in [-0.05, 0) is 54.0 Å². The Kier molecular flexibility index (Phi) is 6.25. The van der Waals surface area contributed by atoms with Crippen molar-refractivity contribution in [3.63, 3.8) is 0 Å². The molecule has 0 aliphatic heterocycles. The topological polar surface area (TPSA) is 93.8 Å². The van der Waals surface area contributed by atoms with Crippen LogP contribution in [0.4, 0.5) is 11.4 Å². The highest BCUT2D eigenvalue weighted by atomic mass is 79.9. The minimum atomic E-state index is -0.248. The fraction of sp³-hybridized carbons (Fsp3) is 0.263. The summed E-state index contributed by atoms with van der Waals surface area (Å²) < 4.78 is 4.27. The van der Waals surface area contributed by atoms with Crippen LogP contribution in [0.25, 0.3) is 0 Å². The molecule has 0 atom stereocenters. The molecule has 2 heterocycles. The predicted octanol–water partition coefficient (Wildman–Crippen LogP) is 3.45. The minimum Gasteiger partial charge on any atom is -0.326 e. The lowest BCUT2D eigenvalue weighted by atomic mass is 10.2. The summed E-state index contributed by atoms with van der Waals surface area (Å²) in [6.07, 6.45) is 3.73. The van der Waals surface area contributed by atoms with E-state index in [4.69, 9.17) is 0 Å². The maximum atomic E-state index is 12.4. The molecule has 146 valence electrons. The third kappa shape index (κ3) is 4.86. The molecule has 0 aliphatic carbocycles. The molecule has 1 aromatic carbocycles. The van der Waals surface area contributed by atoms with Gasteiger partial charge in [-0.3, -0.25) is 19.0 Å². The smallest absolute Gasteiger partial charge is 0.273 e. The molecule has 8 nitrogen and oxygen atoms in total. The number of carbonyl (C=O) groups excluding carboxylic acids is 2. The lowest BCUT2D eigenvalue weighted by Crippen LogP contribution is -2.18. The molecule has 3 aromatic rings. The van der Waals surface area contributed by atoms with Crippen LogP contribution in [0.3, 0.4) is 0 Å². The number of benzene rings is 1. The van der Waals surface area contributed by atoms with Gasteiger partial charge in [-0.1, -0.05) is 6.07 Å². The second-order valence-corrected chi connectivity index (χ2v) is 7.05.